The molecule has 0 aromatic heterocycles. The summed E-state index contributed by atoms with van der Waals surface area (Å²) in [4.78, 5) is 0. The Hall–Kier alpha value is -2.87. The lowest BCUT2D eigenvalue weighted by molar-refractivity contribution is 0.858. The summed E-state index contributed by atoms with van der Waals surface area (Å²) in [6, 6.07) is 29.2. The molecule has 3 rings (SSSR count). The second kappa shape index (κ2) is 8.11. The molecule has 120 valence electrons. The molecule has 0 N–H and O–H groups in total. The molecule has 0 aliphatic rings. The Morgan fingerprint density at radius 3 is 2.00 bits per heavy atom. The van der Waals surface area contributed by atoms with Gasteiger partial charge in [0.25, 0.3) is 0 Å². The average Bonchev–Trinajstić information content (AvgIpc) is 2.67. The van der Waals surface area contributed by atoms with Crippen LogP contribution in [0.2, 0.25) is 0 Å². The van der Waals surface area contributed by atoms with Crippen LogP contribution in [0.15, 0.2) is 90.0 Å². The normalized spacial score (nSPS) is 10.9. The molecule has 0 unspecified atom stereocenters. The van der Waals surface area contributed by atoms with E-state index in [-0.39, 0.29) is 0 Å². The van der Waals surface area contributed by atoms with Crippen LogP contribution in [0, 0.1) is 0 Å². The molecule has 0 heterocycles. The number of anilines is 1. The van der Waals surface area contributed by atoms with Crippen LogP contribution in [0.5, 0.6) is 0 Å². The van der Waals surface area contributed by atoms with Crippen LogP contribution < -0.4 is 5.01 Å². The van der Waals surface area contributed by atoms with E-state index in [9.17, 15) is 0 Å². The van der Waals surface area contributed by atoms with E-state index in [0.717, 1.165) is 24.2 Å². The first-order valence-corrected chi connectivity index (χ1v) is 8.34. The van der Waals surface area contributed by atoms with Crippen molar-refractivity contribution in [1.29, 1.82) is 0 Å². The van der Waals surface area contributed by atoms with E-state index >= 15 is 0 Å². The van der Waals surface area contributed by atoms with E-state index in [4.69, 9.17) is 5.10 Å². The highest BCUT2D eigenvalue weighted by Gasteiger charge is 2.05. The molecule has 0 radical (unpaired) electrons. The summed E-state index contributed by atoms with van der Waals surface area (Å²) in [5, 5.41) is 6.75. The molecule has 0 aliphatic carbocycles. The van der Waals surface area contributed by atoms with Crippen molar-refractivity contribution < 1.29 is 0 Å². The average molecular weight is 314 g/mol. The van der Waals surface area contributed by atoms with Crippen LogP contribution >= 0.6 is 0 Å². The predicted octanol–water partition coefficient (Wildman–Crippen LogP) is 5.29. The number of benzene rings is 3. The summed E-state index contributed by atoms with van der Waals surface area (Å²) in [6.07, 6.45) is 2.98. The molecule has 3 aromatic rings. The van der Waals surface area contributed by atoms with Gasteiger partial charge in [0.15, 0.2) is 0 Å². The van der Waals surface area contributed by atoms with Crippen molar-refractivity contribution in [3.05, 3.63) is 102 Å². The molecule has 0 atom stereocenters. The van der Waals surface area contributed by atoms with Crippen molar-refractivity contribution in [2.24, 2.45) is 5.10 Å². The van der Waals surface area contributed by atoms with Crippen LogP contribution in [0.25, 0.3) is 0 Å². The van der Waals surface area contributed by atoms with Gasteiger partial charge in [0.1, 0.15) is 0 Å². The second-order valence-electron chi connectivity index (χ2n) is 5.72. The molecule has 0 saturated heterocycles. The van der Waals surface area contributed by atoms with Gasteiger partial charge in [-0.05, 0) is 35.2 Å². The van der Waals surface area contributed by atoms with Crippen LogP contribution in [0.1, 0.15) is 23.6 Å². The summed E-state index contributed by atoms with van der Waals surface area (Å²) < 4.78 is 0. The van der Waals surface area contributed by atoms with Gasteiger partial charge in [-0.2, -0.15) is 5.10 Å². The summed E-state index contributed by atoms with van der Waals surface area (Å²) in [6.45, 7) is 2.91. The fourth-order valence-corrected chi connectivity index (χ4v) is 2.53. The first-order chi connectivity index (χ1) is 11.8. The second-order valence-corrected chi connectivity index (χ2v) is 5.72. The highest BCUT2D eigenvalue weighted by molar-refractivity contribution is 5.80. The molecule has 24 heavy (non-hydrogen) atoms. The minimum atomic E-state index is 0.744. The lowest BCUT2D eigenvalue weighted by atomic mass is 10.1. The minimum absolute atomic E-state index is 0.744. The zero-order valence-corrected chi connectivity index (χ0v) is 14.0. The highest BCUT2D eigenvalue weighted by atomic mass is 15.4. The first-order valence-electron chi connectivity index (χ1n) is 8.34. The minimum Gasteiger partial charge on any atom is -0.261 e. The maximum Gasteiger partial charge on any atom is 0.0666 e. The maximum absolute atomic E-state index is 4.72. The first kappa shape index (κ1) is 16.0. The molecule has 0 amide bonds. The summed E-state index contributed by atoms with van der Waals surface area (Å²) in [5.41, 5.74) is 4.78. The number of hydrogen-bond acceptors (Lipinski definition) is 2. The molecule has 2 nitrogen and oxygen atoms in total. The van der Waals surface area contributed by atoms with Gasteiger partial charge in [0.2, 0.25) is 0 Å². The Morgan fingerprint density at radius 2 is 1.38 bits per heavy atom. The van der Waals surface area contributed by atoms with Crippen molar-refractivity contribution >= 4 is 11.9 Å². The maximum atomic E-state index is 4.72. The zero-order chi connectivity index (χ0) is 16.6. The number of rotatable bonds is 6. The highest BCUT2D eigenvalue weighted by Crippen LogP contribution is 2.17. The van der Waals surface area contributed by atoms with Crippen LogP contribution in [0.3, 0.4) is 0 Å². The lowest BCUT2D eigenvalue weighted by Gasteiger charge is -2.19. The molecule has 0 spiro atoms. The van der Waals surface area contributed by atoms with E-state index in [2.05, 4.69) is 67.6 Å². The Bertz CT molecular complexity index is 762. The van der Waals surface area contributed by atoms with Gasteiger partial charge in [0.05, 0.1) is 18.4 Å². The molecular weight excluding hydrogens is 292 g/mol. The Kier molecular flexibility index (Phi) is 5.41. The SMILES string of the molecule is CCc1ccc(/C=N\N(Cc2ccccc2)c2ccccc2)cc1. The van der Waals surface area contributed by atoms with Gasteiger partial charge in [-0.3, -0.25) is 5.01 Å². The third-order valence-electron chi connectivity index (χ3n) is 3.96. The lowest BCUT2D eigenvalue weighted by Crippen LogP contribution is -2.15. The monoisotopic (exact) mass is 314 g/mol. The van der Waals surface area contributed by atoms with Gasteiger partial charge >= 0.3 is 0 Å². The molecule has 0 aliphatic heterocycles. The fourth-order valence-electron chi connectivity index (χ4n) is 2.53. The van der Waals surface area contributed by atoms with Crippen molar-refractivity contribution in [1.82, 2.24) is 0 Å². The topological polar surface area (TPSA) is 15.6 Å². The van der Waals surface area contributed by atoms with E-state index in [0.29, 0.717) is 0 Å². The Balaban J connectivity index is 1.82. The zero-order valence-electron chi connectivity index (χ0n) is 14.0. The fraction of sp³-hybridized carbons (Fsp3) is 0.136. The van der Waals surface area contributed by atoms with Gasteiger partial charge in [-0.25, -0.2) is 0 Å². The van der Waals surface area contributed by atoms with Crippen LogP contribution in [-0.2, 0) is 13.0 Å². The molecule has 0 fully saturated rings. The summed E-state index contributed by atoms with van der Waals surface area (Å²) in [7, 11) is 0. The van der Waals surface area contributed by atoms with Crippen molar-refractivity contribution in [2.45, 2.75) is 19.9 Å². The third kappa shape index (κ3) is 4.32. The van der Waals surface area contributed by atoms with Crippen molar-refractivity contribution in [3.8, 4) is 0 Å². The Morgan fingerprint density at radius 1 is 0.750 bits per heavy atom. The number of nitrogens with zero attached hydrogens (tertiary/aromatic N) is 2. The van der Waals surface area contributed by atoms with Gasteiger partial charge in [-0.1, -0.05) is 79.7 Å². The van der Waals surface area contributed by atoms with E-state index in [1.807, 2.05) is 35.5 Å². The van der Waals surface area contributed by atoms with Crippen molar-refractivity contribution in [3.63, 3.8) is 0 Å². The molecule has 2 heteroatoms. The van der Waals surface area contributed by atoms with Crippen LogP contribution in [-0.4, -0.2) is 6.21 Å². The predicted molar refractivity (Wildman–Crippen MR) is 102 cm³/mol. The Labute approximate surface area is 144 Å². The van der Waals surface area contributed by atoms with Crippen molar-refractivity contribution in [2.75, 3.05) is 5.01 Å². The molecular formula is C22H22N2. The smallest absolute Gasteiger partial charge is 0.0666 e. The van der Waals surface area contributed by atoms with E-state index in [1.165, 1.54) is 11.1 Å². The summed E-state index contributed by atoms with van der Waals surface area (Å²) >= 11 is 0. The largest absolute Gasteiger partial charge is 0.261 e. The molecule has 0 bridgehead atoms. The number of para-hydroxylation sites is 1. The number of hydrogen-bond donors (Lipinski definition) is 0. The van der Waals surface area contributed by atoms with Gasteiger partial charge in [-0.15, -0.1) is 0 Å². The number of hydrazone groups is 1. The van der Waals surface area contributed by atoms with Gasteiger partial charge < -0.3 is 0 Å². The molecule has 3 aromatic carbocycles. The van der Waals surface area contributed by atoms with E-state index < -0.39 is 0 Å². The standard InChI is InChI=1S/C22H22N2/c1-2-19-13-15-20(16-14-19)17-23-24(22-11-7-4-8-12-22)18-21-9-5-3-6-10-21/h3-17H,2,18H2,1H3/b23-17-. The van der Waals surface area contributed by atoms with E-state index in [1.54, 1.807) is 0 Å². The third-order valence-corrected chi connectivity index (χ3v) is 3.96. The summed E-state index contributed by atoms with van der Waals surface area (Å²) in [5.74, 6) is 0. The van der Waals surface area contributed by atoms with Gasteiger partial charge in [0, 0.05) is 0 Å². The quantitative estimate of drug-likeness (QED) is 0.446. The number of aryl methyl sites for hydroxylation is 1. The molecule has 0 saturated carbocycles. The van der Waals surface area contributed by atoms with Crippen LogP contribution in [0.4, 0.5) is 5.69 Å².